The number of nitrogens with one attached hydrogen (secondary N) is 2. The number of rotatable bonds is 8. The van der Waals surface area contributed by atoms with Crippen LogP contribution in [0.3, 0.4) is 0 Å². The first kappa shape index (κ1) is 15.2. The molecule has 0 unspecified atom stereocenters. The number of hydrogen-bond donors (Lipinski definition) is 2. The van der Waals surface area contributed by atoms with E-state index < -0.39 is 0 Å². The zero-order chi connectivity index (χ0) is 15.9. The zero-order valence-electron chi connectivity index (χ0n) is 12.7. The Labute approximate surface area is 133 Å². The fraction of sp³-hybridized carbons (Fsp3) is 0.312. The van der Waals surface area contributed by atoms with Crippen LogP contribution in [0.25, 0.3) is 5.65 Å². The first-order chi connectivity index (χ1) is 11.3. The highest BCUT2D eigenvalue weighted by Gasteiger charge is 2.02. The van der Waals surface area contributed by atoms with E-state index in [0.29, 0.717) is 18.1 Å². The molecular weight excluding hydrogens is 294 g/mol. The summed E-state index contributed by atoms with van der Waals surface area (Å²) in [6.45, 7) is 2.14. The normalized spacial score (nSPS) is 11.0. The molecule has 0 bridgehead atoms. The number of benzene rings is 1. The van der Waals surface area contributed by atoms with Crippen molar-refractivity contribution in [3.05, 3.63) is 58.5 Å². The van der Waals surface area contributed by atoms with Gasteiger partial charge in [0.05, 0.1) is 6.61 Å². The van der Waals surface area contributed by atoms with Crippen molar-refractivity contribution < 1.29 is 4.74 Å². The molecule has 3 aromatic rings. The minimum absolute atomic E-state index is 0.340. The third-order valence-electron chi connectivity index (χ3n) is 3.42. The Hall–Kier alpha value is -2.67. The number of ether oxygens (including phenoxy) is 1. The fourth-order valence-corrected chi connectivity index (χ4v) is 2.22. The second kappa shape index (κ2) is 7.55. The van der Waals surface area contributed by atoms with Crippen molar-refractivity contribution in [3.8, 4) is 0 Å². The number of fused-ring (bicyclic) bond motifs is 1. The molecule has 0 atom stereocenters. The van der Waals surface area contributed by atoms with Crippen molar-refractivity contribution in [1.82, 2.24) is 19.8 Å². The highest BCUT2D eigenvalue weighted by atomic mass is 16.5. The van der Waals surface area contributed by atoms with E-state index in [9.17, 15) is 4.79 Å². The van der Waals surface area contributed by atoms with Gasteiger partial charge in [-0.25, -0.2) is 9.89 Å². The van der Waals surface area contributed by atoms with Crippen molar-refractivity contribution in [2.45, 2.75) is 12.8 Å². The molecule has 0 saturated carbocycles. The molecular formula is C16H19N5O2. The van der Waals surface area contributed by atoms with Gasteiger partial charge in [0.2, 0.25) is 0 Å². The van der Waals surface area contributed by atoms with Crippen LogP contribution in [0.1, 0.15) is 12.0 Å². The van der Waals surface area contributed by atoms with Gasteiger partial charge in [-0.15, -0.1) is 5.10 Å². The van der Waals surface area contributed by atoms with E-state index in [1.54, 1.807) is 12.1 Å². The third kappa shape index (κ3) is 4.17. The van der Waals surface area contributed by atoms with Crippen LogP contribution < -0.4 is 11.0 Å². The van der Waals surface area contributed by atoms with Gasteiger partial charge in [0, 0.05) is 13.2 Å². The summed E-state index contributed by atoms with van der Waals surface area (Å²) in [5.74, 6) is 0.644. The average molecular weight is 313 g/mol. The third-order valence-corrected chi connectivity index (χ3v) is 3.42. The quantitative estimate of drug-likeness (QED) is 0.615. The predicted molar refractivity (Wildman–Crippen MR) is 87.7 cm³/mol. The number of nitrogens with zero attached hydrogens (tertiary/aromatic N) is 3. The van der Waals surface area contributed by atoms with Gasteiger partial charge < -0.3 is 10.1 Å². The van der Waals surface area contributed by atoms with Crippen LogP contribution in [-0.4, -0.2) is 39.6 Å². The standard InChI is InChI=1S/C16H19N5O2/c22-16-19-18-15-8-7-14(20-21(15)16)17-10-4-11-23-12-9-13-5-2-1-3-6-13/h1-3,5-8H,4,9-12H2,(H,17,20)(H,19,22). The van der Waals surface area contributed by atoms with Crippen molar-refractivity contribution in [1.29, 1.82) is 0 Å². The number of aromatic amines is 1. The Bertz CT molecular complexity index is 797. The monoisotopic (exact) mass is 313 g/mol. The van der Waals surface area contributed by atoms with Crippen LogP contribution in [-0.2, 0) is 11.2 Å². The Kier molecular flexibility index (Phi) is 5.00. The second-order valence-electron chi connectivity index (χ2n) is 5.15. The summed E-state index contributed by atoms with van der Waals surface area (Å²) in [6, 6.07) is 13.8. The van der Waals surface area contributed by atoms with Gasteiger partial charge in [0.25, 0.3) is 0 Å². The van der Waals surface area contributed by atoms with Crippen LogP contribution in [0.5, 0.6) is 0 Å². The number of H-pyrrole nitrogens is 1. The summed E-state index contributed by atoms with van der Waals surface area (Å²) < 4.78 is 6.86. The first-order valence-electron chi connectivity index (χ1n) is 7.63. The molecule has 2 heterocycles. The molecule has 7 heteroatoms. The smallest absolute Gasteiger partial charge is 0.364 e. The van der Waals surface area contributed by atoms with Gasteiger partial charge >= 0.3 is 5.69 Å². The van der Waals surface area contributed by atoms with E-state index in [4.69, 9.17) is 4.74 Å². The summed E-state index contributed by atoms with van der Waals surface area (Å²) in [7, 11) is 0. The molecule has 0 fully saturated rings. The highest BCUT2D eigenvalue weighted by molar-refractivity contribution is 5.42. The lowest BCUT2D eigenvalue weighted by Crippen LogP contribution is -2.15. The number of aromatic nitrogens is 4. The molecule has 2 aromatic heterocycles. The maximum Gasteiger partial charge on any atom is 0.364 e. The predicted octanol–water partition coefficient (Wildman–Crippen LogP) is 1.48. The molecule has 0 amide bonds. The van der Waals surface area contributed by atoms with E-state index in [0.717, 1.165) is 26.0 Å². The summed E-state index contributed by atoms with van der Waals surface area (Å²) in [5.41, 5.74) is 1.45. The van der Waals surface area contributed by atoms with Crippen LogP contribution in [0.15, 0.2) is 47.3 Å². The minimum Gasteiger partial charge on any atom is -0.381 e. The molecule has 23 heavy (non-hydrogen) atoms. The molecule has 120 valence electrons. The SMILES string of the molecule is O=c1[nH]nc2ccc(NCCCOCCc3ccccc3)nn12. The van der Waals surface area contributed by atoms with Crippen molar-refractivity contribution >= 4 is 11.5 Å². The Morgan fingerprint density at radius 1 is 1.13 bits per heavy atom. The molecule has 2 N–H and O–H groups in total. The molecule has 1 aromatic carbocycles. The fourth-order valence-electron chi connectivity index (χ4n) is 2.22. The van der Waals surface area contributed by atoms with E-state index >= 15 is 0 Å². The highest BCUT2D eigenvalue weighted by Crippen LogP contribution is 2.03. The molecule has 0 aliphatic heterocycles. The van der Waals surface area contributed by atoms with Crippen molar-refractivity contribution in [3.63, 3.8) is 0 Å². The van der Waals surface area contributed by atoms with Gasteiger partial charge in [-0.3, -0.25) is 0 Å². The van der Waals surface area contributed by atoms with Gasteiger partial charge in [-0.2, -0.15) is 9.61 Å². The zero-order valence-corrected chi connectivity index (χ0v) is 12.7. The summed E-state index contributed by atoms with van der Waals surface area (Å²) in [4.78, 5) is 11.4. The molecule has 0 radical (unpaired) electrons. The Morgan fingerprint density at radius 3 is 2.87 bits per heavy atom. The first-order valence-corrected chi connectivity index (χ1v) is 7.63. The lowest BCUT2D eigenvalue weighted by Gasteiger charge is -2.06. The Balaban J connectivity index is 1.34. The van der Waals surface area contributed by atoms with E-state index in [1.807, 2.05) is 18.2 Å². The Morgan fingerprint density at radius 2 is 2.00 bits per heavy atom. The van der Waals surface area contributed by atoms with Crippen LogP contribution in [0.2, 0.25) is 0 Å². The average Bonchev–Trinajstić information content (AvgIpc) is 2.96. The lowest BCUT2D eigenvalue weighted by atomic mass is 10.2. The molecule has 0 spiro atoms. The number of hydrogen-bond acceptors (Lipinski definition) is 5. The van der Waals surface area contributed by atoms with Gasteiger partial charge in [0.1, 0.15) is 5.82 Å². The van der Waals surface area contributed by atoms with Gasteiger partial charge in [-0.1, -0.05) is 30.3 Å². The molecule has 0 saturated heterocycles. The van der Waals surface area contributed by atoms with Crippen LogP contribution in [0, 0.1) is 0 Å². The maximum atomic E-state index is 11.4. The largest absolute Gasteiger partial charge is 0.381 e. The minimum atomic E-state index is -0.340. The van der Waals surface area contributed by atoms with E-state index in [1.165, 1.54) is 10.1 Å². The molecule has 7 nitrogen and oxygen atoms in total. The second-order valence-corrected chi connectivity index (χ2v) is 5.15. The summed E-state index contributed by atoms with van der Waals surface area (Å²) >= 11 is 0. The maximum absolute atomic E-state index is 11.4. The van der Waals surface area contributed by atoms with Crippen molar-refractivity contribution in [2.24, 2.45) is 0 Å². The molecule has 0 aliphatic rings. The van der Waals surface area contributed by atoms with Crippen LogP contribution >= 0.6 is 0 Å². The van der Waals surface area contributed by atoms with Crippen molar-refractivity contribution in [2.75, 3.05) is 25.1 Å². The van der Waals surface area contributed by atoms with Gasteiger partial charge in [0.15, 0.2) is 5.65 Å². The van der Waals surface area contributed by atoms with Gasteiger partial charge in [-0.05, 0) is 30.5 Å². The molecule has 0 aliphatic carbocycles. The van der Waals surface area contributed by atoms with E-state index in [2.05, 4.69) is 32.7 Å². The lowest BCUT2D eigenvalue weighted by molar-refractivity contribution is 0.137. The summed E-state index contributed by atoms with van der Waals surface area (Å²) in [6.07, 6.45) is 1.80. The van der Waals surface area contributed by atoms with Crippen LogP contribution in [0.4, 0.5) is 5.82 Å². The topological polar surface area (TPSA) is 84.3 Å². The number of anilines is 1. The molecule has 3 rings (SSSR count). The van der Waals surface area contributed by atoms with E-state index in [-0.39, 0.29) is 5.69 Å². The summed E-state index contributed by atoms with van der Waals surface area (Å²) in [5, 5.41) is 13.5.